The second-order valence-corrected chi connectivity index (χ2v) is 7.55. The van der Waals surface area contributed by atoms with Gasteiger partial charge in [-0.05, 0) is 31.9 Å². The molecule has 0 radical (unpaired) electrons. The van der Waals surface area contributed by atoms with Crippen LogP contribution in [-0.4, -0.2) is 48.3 Å². The highest BCUT2D eigenvalue weighted by molar-refractivity contribution is 6.05. The summed E-state index contributed by atoms with van der Waals surface area (Å²) in [5.74, 6) is -0.305. The van der Waals surface area contributed by atoms with E-state index in [1.165, 1.54) is 0 Å². The number of aliphatic hydroxyl groups excluding tert-OH is 1. The van der Waals surface area contributed by atoms with Crippen molar-refractivity contribution in [3.8, 4) is 11.4 Å². The highest BCUT2D eigenvalue weighted by Crippen LogP contribution is 2.27. The number of aromatic amines is 2. The fourth-order valence-electron chi connectivity index (χ4n) is 3.24. The summed E-state index contributed by atoms with van der Waals surface area (Å²) in [5, 5.41) is 20.1. The third-order valence-electron chi connectivity index (χ3n) is 4.84. The van der Waals surface area contributed by atoms with Gasteiger partial charge in [0.25, 0.3) is 5.91 Å². The number of nitrogens with zero attached hydrogens (tertiary/aromatic N) is 3. The summed E-state index contributed by atoms with van der Waals surface area (Å²) in [7, 11) is 0. The zero-order valence-electron chi connectivity index (χ0n) is 16.1. The predicted molar refractivity (Wildman–Crippen MR) is 107 cm³/mol. The first-order chi connectivity index (χ1) is 13.9. The Bertz CT molecular complexity index is 1200. The minimum absolute atomic E-state index is 0.0263. The van der Waals surface area contributed by atoms with Crippen molar-refractivity contribution in [1.82, 2.24) is 30.5 Å². The molecule has 9 heteroatoms. The van der Waals surface area contributed by atoms with Gasteiger partial charge in [-0.1, -0.05) is 12.1 Å². The molecule has 3 heterocycles. The van der Waals surface area contributed by atoms with Gasteiger partial charge in [0.05, 0.1) is 17.3 Å². The second-order valence-electron chi connectivity index (χ2n) is 7.55. The summed E-state index contributed by atoms with van der Waals surface area (Å²) in [6.45, 7) is 3.11. The molecule has 4 rings (SSSR count). The minimum atomic E-state index is -0.563. The average Bonchev–Trinajstić information content (AvgIpc) is 3.30. The first-order valence-electron chi connectivity index (χ1n) is 9.23. The first kappa shape index (κ1) is 19.0. The van der Waals surface area contributed by atoms with E-state index in [1.807, 2.05) is 13.8 Å². The molecular weight excluding hydrogens is 375 g/mol. The van der Waals surface area contributed by atoms with Gasteiger partial charge in [-0.15, -0.1) is 0 Å². The molecule has 1 aromatic carbocycles. The molecular formula is C20H21FN6O2. The zero-order chi connectivity index (χ0) is 20.6. The molecule has 3 aromatic heterocycles. The second kappa shape index (κ2) is 7.25. The summed E-state index contributed by atoms with van der Waals surface area (Å²) in [6, 6.07) is 5.19. The lowest BCUT2D eigenvalue weighted by molar-refractivity contribution is 0.0901. The number of hydrogen-bond donors (Lipinski definition) is 4. The molecule has 0 fully saturated rings. The number of nitrogens with one attached hydrogen (secondary N) is 3. The number of alkyl halides is 1. The van der Waals surface area contributed by atoms with E-state index in [9.17, 15) is 9.18 Å². The fourth-order valence-corrected chi connectivity index (χ4v) is 3.24. The number of carbonyl (C=O) groups excluding carboxylic acids is 1. The van der Waals surface area contributed by atoms with E-state index in [4.69, 9.17) is 5.11 Å². The number of H-pyrrole nitrogens is 2. The molecule has 0 saturated heterocycles. The van der Waals surface area contributed by atoms with E-state index < -0.39 is 12.2 Å². The highest BCUT2D eigenvalue weighted by Gasteiger charge is 2.23. The molecule has 0 atom stereocenters. The van der Waals surface area contributed by atoms with E-state index in [2.05, 4.69) is 30.5 Å². The van der Waals surface area contributed by atoms with Crippen molar-refractivity contribution in [2.75, 3.05) is 6.61 Å². The molecule has 0 unspecified atom stereocenters. The minimum Gasteiger partial charge on any atom is -0.396 e. The Morgan fingerprint density at radius 1 is 1.34 bits per heavy atom. The van der Waals surface area contributed by atoms with Crippen molar-refractivity contribution in [2.45, 2.75) is 32.5 Å². The van der Waals surface area contributed by atoms with Crippen molar-refractivity contribution in [3.05, 3.63) is 41.7 Å². The van der Waals surface area contributed by atoms with E-state index in [1.54, 1.807) is 30.6 Å². The van der Waals surface area contributed by atoms with E-state index in [0.717, 1.165) is 5.39 Å². The Balaban J connectivity index is 1.73. The zero-order valence-corrected chi connectivity index (χ0v) is 16.1. The average molecular weight is 396 g/mol. The van der Waals surface area contributed by atoms with Crippen molar-refractivity contribution in [2.24, 2.45) is 0 Å². The van der Waals surface area contributed by atoms with Gasteiger partial charge in [-0.25, -0.2) is 14.4 Å². The SMILES string of the molecule is CC(C)(CCO)NC(=O)c1c[nH]c2ncc(-c3n[nH]c4cc(CF)ccc34)nc12. The summed E-state index contributed by atoms with van der Waals surface area (Å²) in [4.78, 5) is 24.7. The van der Waals surface area contributed by atoms with Crippen LogP contribution in [0.1, 0.15) is 36.2 Å². The molecule has 4 N–H and O–H groups in total. The van der Waals surface area contributed by atoms with Crippen LogP contribution < -0.4 is 5.32 Å². The van der Waals surface area contributed by atoms with Crippen LogP contribution in [0.3, 0.4) is 0 Å². The van der Waals surface area contributed by atoms with Gasteiger partial charge in [-0.2, -0.15) is 5.10 Å². The molecule has 8 nitrogen and oxygen atoms in total. The highest BCUT2D eigenvalue weighted by atomic mass is 19.1. The third kappa shape index (κ3) is 3.56. The smallest absolute Gasteiger partial charge is 0.255 e. The van der Waals surface area contributed by atoms with E-state index >= 15 is 0 Å². The third-order valence-corrected chi connectivity index (χ3v) is 4.84. The Hall–Kier alpha value is -3.33. The molecule has 150 valence electrons. The summed E-state index contributed by atoms with van der Waals surface area (Å²) < 4.78 is 12.9. The van der Waals surface area contributed by atoms with Crippen LogP contribution in [-0.2, 0) is 6.67 Å². The maximum absolute atomic E-state index is 12.9. The molecule has 4 aromatic rings. The maximum Gasteiger partial charge on any atom is 0.255 e. The lowest BCUT2D eigenvalue weighted by Gasteiger charge is -2.25. The largest absolute Gasteiger partial charge is 0.396 e. The van der Waals surface area contributed by atoms with Crippen LogP contribution in [0.25, 0.3) is 33.5 Å². The monoisotopic (exact) mass is 396 g/mol. The van der Waals surface area contributed by atoms with Gasteiger partial charge >= 0.3 is 0 Å². The molecule has 0 saturated carbocycles. The molecule has 29 heavy (non-hydrogen) atoms. The normalized spacial score (nSPS) is 12.0. The number of rotatable bonds is 6. The van der Waals surface area contributed by atoms with Gasteiger partial charge in [0.1, 0.15) is 23.6 Å². The quantitative estimate of drug-likeness (QED) is 0.399. The molecule has 0 aliphatic rings. The van der Waals surface area contributed by atoms with E-state index in [-0.39, 0.29) is 12.5 Å². The van der Waals surface area contributed by atoms with Gasteiger partial charge in [0, 0.05) is 23.7 Å². The fraction of sp³-hybridized carbons (Fsp3) is 0.300. The van der Waals surface area contributed by atoms with E-state index in [0.29, 0.717) is 45.6 Å². The summed E-state index contributed by atoms with van der Waals surface area (Å²) in [6.07, 6.45) is 3.57. The molecule has 1 amide bonds. The number of fused-ring (bicyclic) bond motifs is 2. The predicted octanol–water partition coefficient (Wildman–Crippen LogP) is 2.86. The van der Waals surface area contributed by atoms with Gasteiger partial charge in [-0.3, -0.25) is 9.89 Å². The van der Waals surface area contributed by atoms with Crippen molar-refractivity contribution in [1.29, 1.82) is 0 Å². The van der Waals surface area contributed by atoms with Crippen LogP contribution in [0.2, 0.25) is 0 Å². The number of aromatic nitrogens is 5. The number of hydrogen-bond acceptors (Lipinski definition) is 5. The number of amides is 1. The van der Waals surface area contributed by atoms with Crippen LogP contribution in [0.4, 0.5) is 4.39 Å². The van der Waals surface area contributed by atoms with Gasteiger partial charge in [0.15, 0.2) is 5.65 Å². The summed E-state index contributed by atoms with van der Waals surface area (Å²) >= 11 is 0. The van der Waals surface area contributed by atoms with Crippen LogP contribution in [0.5, 0.6) is 0 Å². The van der Waals surface area contributed by atoms with Gasteiger partial charge < -0.3 is 15.4 Å². The summed E-state index contributed by atoms with van der Waals surface area (Å²) in [5.41, 5.74) is 3.05. The Labute approximate surface area is 165 Å². The number of halogens is 1. The van der Waals surface area contributed by atoms with Crippen LogP contribution >= 0.6 is 0 Å². The van der Waals surface area contributed by atoms with Crippen LogP contribution in [0, 0.1) is 0 Å². The number of benzene rings is 1. The number of carbonyl (C=O) groups is 1. The standard InChI is InChI=1S/C20H21FN6O2/c1-20(2,5-6-28)25-19(29)13-9-22-18-17(13)24-15(10-23-18)16-12-4-3-11(8-21)7-14(12)26-27-16/h3-4,7,9-10,28H,5-6,8H2,1-2H3,(H,22,23)(H,25,29)(H,26,27). The van der Waals surface area contributed by atoms with Gasteiger partial charge in [0.2, 0.25) is 0 Å². The van der Waals surface area contributed by atoms with Crippen molar-refractivity contribution in [3.63, 3.8) is 0 Å². The molecule has 0 aliphatic heterocycles. The Morgan fingerprint density at radius 3 is 2.93 bits per heavy atom. The maximum atomic E-state index is 12.9. The topological polar surface area (TPSA) is 120 Å². The Morgan fingerprint density at radius 2 is 2.17 bits per heavy atom. The molecule has 0 aliphatic carbocycles. The van der Waals surface area contributed by atoms with Crippen molar-refractivity contribution < 1.29 is 14.3 Å². The van der Waals surface area contributed by atoms with Crippen LogP contribution in [0.15, 0.2) is 30.6 Å². The lowest BCUT2D eigenvalue weighted by atomic mass is 10.0. The first-order valence-corrected chi connectivity index (χ1v) is 9.23. The lowest BCUT2D eigenvalue weighted by Crippen LogP contribution is -2.44. The van der Waals surface area contributed by atoms with Crippen molar-refractivity contribution >= 4 is 28.0 Å². The molecule has 0 spiro atoms. The Kier molecular flexibility index (Phi) is 4.75. The molecule has 0 bridgehead atoms. The number of aliphatic hydroxyl groups is 1.